The predicted octanol–water partition coefficient (Wildman–Crippen LogP) is 3.34. The van der Waals surface area contributed by atoms with Gasteiger partial charge in [0.05, 0.1) is 29.9 Å². The Bertz CT molecular complexity index is 1310. The van der Waals surface area contributed by atoms with E-state index in [0.29, 0.717) is 35.8 Å². The normalized spacial score (nSPS) is 13.6. The molecule has 3 aromatic heterocycles. The van der Waals surface area contributed by atoms with Gasteiger partial charge < -0.3 is 9.63 Å². The van der Waals surface area contributed by atoms with Gasteiger partial charge in [0.1, 0.15) is 29.2 Å². The molecule has 0 spiro atoms. The molecule has 0 aromatic carbocycles. The van der Waals surface area contributed by atoms with Crippen molar-refractivity contribution in [3.63, 3.8) is 0 Å². The van der Waals surface area contributed by atoms with Crippen molar-refractivity contribution >= 4 is 17.3 Å². The summed E-state index contributed by atoms with van der Waals surface area (Å²) in [5, 5.41) is 13.0. The van der Waals surface area contributed by atoms with Gasteiger partial charge in [-0.1, -0.05) is 38.8 Å². The van der Waals surface area contributed by atoms with Crippen molar-refractivity contribution < 1.29 is 14.4 Å². The zero-order chi connectivity index (χ0) is 24.3. The molecule has 0 amide bonds. The van der Waals surface area contributed by atoms with Crippen LogP contribution < -0.4 is 0 Å². The molecule has 3 aromatic rings. The molecule has 1 aliphatic heterocycles. The second-order valence-corrected chi connectivity index (χ2v) is 9.22. The van der Waals surface area contributed by atoms with Gasteiger partial charge in [0.25, 0.3) is 0 Å². The highest BCUT2D eigenvalue weighted by Crippen LogP contribution is 2.29. The van der Waals surface area contributed by atoms with E-state index >= 15 is 0 Å². The number of carbonyl (C=O) groups excluding carboxylic acids is 1. The lowest BCUT2D eigenvalue weighted by Crippen LogP contribution is -2.15. The molecule has 4 heterocycles. The highest BCUT2D eigenvalue weighted by molar-refractivity contribution is 6.04. The molecule has 9 nitrogen and oxygen atoms in total. The largest absolute Gasteiger partial charge is 0.395 e. The van der Waals surface area contributed by atoms with Crippen LogP contribution in [0.5, 0.6) is 0 Å². The second kappa shape index (κ2) is 9.61. The number of aliphatic hydroxyl groups excluding tert-OH is 1. The Morgan fingerprint density at radius 2 is 2.06 bits per heavy atom. The predicted molar refractivity (Wildman–Crippen MR) is 125 cm³/mol. The fourth-order valence-corrected chi connectivity index (χ4v) is 3.40. The molecule has 0 radical (unpaired) electrons. The molecule has 1 N–H and O–H groups in total. The van der Waals surface area contributed by atoms with Crippen LogP contribution in [0.4, 0.5) is 5.82 Å². The maximum absolute atomic E-state index is 12.8. The van der Waals surface area contributed by atoms with Crippen LogP contribution in [-0.4, -0.2) is 48.3 Å². The fraction of sp³-hybridized carbons (Fsp3) is 0.400. The van der Waals surface area contributed by atoms with Crippen LogP contribution >= 0.6 is 0 Å². The summed E-state index contributed by atoms with van der Waals surface area (Å²) >= 11 is 0. The highest BCUT2D eigenvalue weighted by Gasteiger charge is 2.26. The third-order valence-corrected chi connectivity index (χ3v) is 5.37. The SMILES string of the molecule is C[C@@H](CC(=O)c1cc(C#CCCO)ncn1)c1cc(C2=Nc3ncc(C(C)(C)C)nc3C2)no1. The number of rotatable bonds is 6. The number of Topliss-reactive ketones (excluding diaryl/α,β-unsaturated/α-hetero) is 1. The van der Waals surface area contributed by atoms with Gasteiger partial charge in [0.2, 0.25) is 0 Å². The van der Waals surface area contributed by atoms with Gasteiger partial charge in [0.15, 0.2) is 11.6 Å². The molecule has 34 heavy (non-hydrogen) atoms. The number of aromatic nitrogens is 5. The van der Waals surface area contributed by atoms with E-state index in [9.17, 15) is 4.79 Å². The quantitative estimate of drug-likeness (QED) is 0.440. The van der Waals surface area contributed by atoms with E-state index in [2.05, 4.69) is 57.7 Å². The third kappa shape index (κ3) is 5.24. The first-order chi connectivity index (χ1) is 16.2. The summed E-state index contributed by atoms with van der Waals surface area (Å²) in [6, 6.07) is 3.38. The van der Waals surface area contributed by atoms with E-state index in [1.165, 1.54) is 6.33 Å². The summed E-state index contributed by atoms with van der Waals surface area (Å²) < 4.78 is 5.54. The zero-order valence-electron chi connectivity index (χ0n) is 19.7. The number of aliphatic imine (C=N–C) groups is 1. The van der Waals surface area contributed by atoms with Crippen molar-refractivity contribution in [1.29, 1.82) is 0 Å². The molecule has 0 aliphatic carbocycles. The smallest absolute Gasteiger partial charge is 0.182 e. The van der Waals surface area contributed by atoms with Crippen LogP contribution in [0.2, 0.25) is 0 Å². The zero-order valence-corrected chi connectivity index (χ0v) is 19.7. The molecule has 1 atom stereocenters. The first-order valence-corrected chi connectivity index (χ1v) is 11.1. The summed E-state index contributed by atoms with van der Waals surface area (Å²) in [5.74, 6) is 6.45. The molecular weight excluding hydrogens is 432 g/mol. The Morgan fingerprint density at radius 3 is 2.82 bits per heavy atom. The molecular formula is C25H26N6O3. The minimum absolute atomic E-state index is 0.0238. The first-order valence-electron chi connectivity index (χ1n) is 11.1. The standard InChI is InChI=1S/C25H26N6O3/c1-15(9-21(33)19-10-16(27-14-28-19)7-5-6-8-32)22-12-18(31-34-22)17-11-20-24(30-17)26-13-23(29-20)25(2,3)4/h10,12-15,32H,6,8-9,11H2,1-4H3/t15-/m0/s1. The van der Waals surface area contributed by atoms with Crippen molar-refractivity contribution in [2.75, 3.05) is 6.61 Å². The van der Waals surface area contributed by atoms with E-state index < -0.39 is 0 Å². The monoisotopic (exact) mass is 458 g/mol. The lowest BCUT2D eigenvalue weighted by atomic mass is 9.92. The Balaban J connectivity index is 1.43. The number of hydrogen-bond donors (Lipinski definition) is 1. The van der Waals surface area contributed by atoms with Crippen LogP contribution in [0.15, 0.2) is 34.2 Å². The molecule has 0 saturated heterocycles. The highest BCUT2D eigenvalue weighted by atomic mass is 16.5. The molecule has 4 rings (SSSR count). The molecule has 1 aliphatic rings. The Morgan fingerprint density at radius 1 is 1.24 bits per heavy atom. The maximum atomic E-state index is 12.8. The van der Waals surface area contributed by atoms with Gasteiger partial charge in [-0.05, 0) is 5.92 Å². The van der Waals surface area contributed by atoms with Crippen LogP contribution in [0.1, 0.15) is 85.5 Å². The van der Waals surface area contributed by atoms with Gasteiger partial charge in [-0.25, -0.2) is 19.9 Å². The lowest BCUT2D eigenvalue weighted by molar-refractivity contribution is 0.0966. The number of ketones is 1. The molecule has 174 valence electrons. The van der Waals surface area contributed by atoms with E-state index in [4.69, 9.17) is 14.6 Å². The average molecular weight is 459 g/mol. The molecule has 0 fully saturated rings. The molecule has 0 bridgehead atoms. The Labute approximate surface area is 197 Å². The fourth-order valence-electron chi connectivity index (χ4n) is 3.40. The van der Waals surface area contributed by atoms with Crippen molar-refractivity contribution in [3.05, 3.63) is 58.9 Å². The van der Waals surface area contributed by atoms with E-state index in [0.717, 1.165) is 17.1 Å². The summed E-state index contributed by atoms with van der Waals surface area (Å²) in [6.45, 7) is 8.17. The minimum atomic E-state index is -0.208. The maximum Gasteiger partial charge on any atom is 0.182 e. The van der Waals surface area contributed by atoms with Gasteiger partial charge in [0, 0.05) is 42.7 Å². The molecule has 9 heteroatoms. The summed E-state index contributed by atoms with van der Waals surface area (Å²) in [7, 11) is 0. The number of hydrogen-bond acceptors (Lipinski definition) is 9. The number of aliphatic hydroxyl groups is 1. The van der Waals surface area contributed by atoms with Crippen LogP contribution in [-0.2, 0) is 11.8 Å². The Hall–Kier alpha value is -3.77. The van der Waals surface area contributed by atoms with Gasteiger partial charge in [-0.15, -0.1) is 0 Å². The van der Waals surface area contributed by atoms with Gasteiger partial charge in [-0.2, -0.15) is 0 Å². The number of carbonyl (C=O) groups is 1. The first kappa shape index (κ1) is 23.4. The van der Waals surface area contributed by atoms with Crippen LogP contribution in [0.3, 0.4) is 0 Å². The second-order valence-electron chi connectivity index (χ2n) is 9.22. The third-order valence-electron chi connectivity index (χ3n) is 5.37. The topological polar surface area (TPSA) is 127 Å². The van der Waals surface area contributed by atoms with Crippen LogP contribution in [0.25, 0.3) is 0 Å². The number of nitrogens with zero attached hydrogens (tertiary/aromatic N) is 6. The van der Waals surface area contributed by atoms with Gasteiger partial charge in [-0.3, -0.25) is 9.78 Å². The van der Waals surface area contributed by atoms with E-state index in [-0.39, 0.29) is 35.8 Å². The lowest BCUT2D eigenvalue weighted by Gasteiger charge is -2.17. The van der Waals surface area contributed by atoms with Crippen molar-refractivity contribution in [3.8, 4) is 11.8 Å². The Kier molecular flexibility index (Phi) is 6.61. The summed E-state index contributed by atoms with van der Waals surface area (Å²) in [4.78, 5) is 34.6. The van der Waals surface area contributed by atoms with Crippen LogP contribution in [0, 0.1) is 11.8 Å². The summed E-state index contributed by atoms with van der Waals surface area (Å²) in [5.41, 5.74) is 3.75. The number of fused-ring (bicyclic) bond motifs is 1. The summed E-state index contributed by atoms with van der Waals surface area (Å²) in [6.07, 6.45) is 4.16. The minimum Gasteiger partial charge on any atom is -0.395 e. The van der Waals surface area contributed by atoms with Crippen molar-refractivity contribution in [2.24, 2.45) is 4.99 Å². The van der Waals surface area contributed by atoms with E-state index in [1.807, 2.05) is 13.0 Å². The molecule has 0 unspecified atom stereocenters. The van der Waals surface area contributed by atoms with Crippen molar-refractivity contribution in [1.82, 2.24) is 25.1 Å². The van der Waals surface area contributed by atoms with Gasteiger partial charge >= 0.3 is 0 Å². The van der Waals surface area contributed by atoms with E-state index in [1.54, 1.807) is 12.3 Å². The average Bonchev–Trinajstić information content (AvgIpc) is 3.45. The van der Waals surface area contributed by atoms with Crippen molar-refractivity contribution in [2.45, 2.75) is 58.3 Å². The molecule has 0 saturated carbocycles.